The van der Waals surface area contributed by atoms with Gasteiger partial charge >= 0.3 is 0 Å². The SMILES string of the molecule is COc1cc(NC(=O)c2ccc(SC)cc2)cc(OC)c1OC. The van der Waals surface area contributed by atoms with Crippen molar-refractivity contribution < 1.29 is 19.0 Å². The van der Waals surface area contributed by atoms with Crippen LogP contribution < -0.4 is 19.5 Å². The Hall–Kier alpha value is -2.34. The number of carbonyl (C=O) groups excluding carboxylic acids is 1. The van der Waals surface area contributed by atoms with E-state index in [-0.39, 0.29) is 5.91 Å². The zero-order chi connectivity index (χ0) is 16.8. The van der Waals surface area contributed by atoms with Gasteiger partial charge in [-0.05, 0) is 30.5 Å². The van der Waals surface area contributed by atoms with Crippen LogP contribution in [-0.2, 0) is 0 Å². The first-order valence-corrected chi connectivity index (χ1v) is 8.10. The molecule has 0 spiro atoms. The Morgan fingerprint density at radius 2 is 1.52 bits per heavy atom. The Bertz CT molecular complexity index is 660. The van der Waals surface area contributed by atoms with E-state index < -0.39 is 0 Å². The molecule has 0 aliphatic heterocycles. The van der Waals surface area contributed by atoms with E-state index in [2.05, 4.69) is 5.32 Å². The third-order valence-corrected chi connectivity index (χ3v) is 4.02. The molecule has 1 amide bonds. The summed E-state index contributed by atoms with van der Waals surface area (Å²) >= 11 is 1.63. The molecule has 0 aliphatic rings. The number of anilines is 1. The molecule has 0 atom stereocenters. The number of thioether (sulfide) groups is 1. The molecule has 2 rings (SSSR count). The van der Waals surface area contributed by atoms with Gasteiger partial charge in [-0.2, -0.15) is 0 Å². The molecule has 1 N–H and O–H groups in total. The molecule has 0 unspecified atom stereocenters. The summed E-state index contributed by atoms with van der Waals surface area (Å²) in [6.07, 6.45) is 1.99. The fourth-order valence-corrected chi connectivity index (χ4v) is 2.51. The number of hydrogen-bond donors (Lipinski definition) is 1. The van der Waals surface area contributed by atoms with E-state index in [1.807, 2.05) is 18.4 Å². The number of ether oxygens (including phenoxy) is 3. The minimum Gasteiger partial charge on any atom is -0.493 e. The van der Waals surface area contributed by atoms with E-state index in [4.69, 9.17) is 14.2 Å². The average molecular weight is 333 g/mol. The molecule has 0 aliphatic carbocycles. The van der Waals surface area contributed by atoms with Crippen molar-refractivity contribution >= 4 is 23.4 Å². The Balaban J connectivity index is 2.26. The van der Waals surface area contributed by atoms with Crippen molar-refractivity contribution in [2.24, 2.45) is 0 Å². The normalized spacial score (nSPS) is 10.1. The van der Waals surface area contributed by atoms with Crippen LogP contribution in [0.1, 0.15) is 10.4 Å². The number of methoxy groups -OCH3 is 3. The quantitative estimate of drug-likeness (QED) is 0.817. The number of hydrogen-bond acceptors (Lipinski definition) is 5. The van der Waals surface area contributed by atoms with Gasteiger partial charge in [-0.1, -0.05) is 0 Å². The van der Waals surface area contributed by atoms with Gasteiger partial charge in [0.15, 0.2) is 11.5 Å². The molecule has 0 saturated heterocycles. The van der Waals surface area contributed by atoms with Crippen LogP contribution in [0, 0.1) is 0 Å². The molecule has 0 fully saturated rings. The van der Waals surface area contributed by atoms with Crippen molar-refractivity contribution in [3.63, 3.8) is 0 Å². The van der Waals surface area contributed by atoms with Crippen LogP contribution in [0.4, 0.5) is 5.69 Å². The maximum Gasteiger partial charge on any atom is 0.255 e. The molecule has 2 aromatic carbocycles. The lowest BCUT2D eigenvalue weighted by atomic mass is 10.2. The van der Waals surface area contributed by atoms with Crippen LogP contribution in [-0.4, -0.2) is 33.5 Å². The summed E-state index contributed by atoms with van der Waals surface area (Å²) in [4.78, 5) is 13.4. The van der Waals surface area contributed by atoms with E-state index in [0.717, 1.165) is 4.90 Å². The summed E-state index contributed by atoms with van der Waals surface area (Å²) in [7, 11) is 4.60. The van der Waals surface area contributed by atoms with Gasteiger partial charge in [-0.25, -0.2) is 0 Å². The number of carbonyl (C=O) groups is 1. The van der Waals surface area contributed by atoms with E-state index in [9.17, 15) is 4.79 Å². The van der Waals surface area contributed by atoms with Crippen molar-refractivity contribution in [1.82, 2.24) is 0 Å². The summed E-state index contributed by atoms with van der Waals surface area (Å²) in [5, 5.41) is 2.84. The largest absolute Gasteiger partial charge is 0.493 e. The zero-order valence-corrected chi connectivity index (χ0v) is 14.3. The molecule has 0 radical (unpaired) electrons. The van der Waals surface area contributed by atoms with Gasteiger partial charge in [0.05, 0.1) is 21.3 Å². The Morgan fingerprint density at radius 3 is 1.96 bits per heavy atom. The van der Waals surface area contributed by atoms with Crippen LogP contribution in [0.2, 0.25) is 0 Å². The van der Waals surface area contributed by atoms with Crippen LogP contribution in [0.15, 0.2) is 41.3 Å². The van der Waals surface area contributed by atoms with Crippen molar-refractivity contribution in [1.29, 1.82) is 0 Å². The molecule has 0 aromatic heterocycles. The number of benzene rings is 2. The second kappa shape index (κ2) is 7.78. The zero-order valence-electron chi connectivity index (χ0n) is 13.5. The van der Waals surface area contributed by atoms with E-state index in [1.54, 1.807) is 36.0 Å². The average Bonchev–Trinajstić information content (AvgIpc) is 2.60. The Labute approximate surface area is 139 Å². The molecule has 0 heterocycles. The minimum absolute atomic E-state index is 0.202. The monoisotopic (exact) mass is 333 g/mol. The lowest BCUT2D eigenvalue weighted by Gasteiger charge is -2.14. The first kappa shape index (κ1) is 17.0. The number of amides is 1. The predicted molar refractivity (Wildman–Crippen MR) is 92.3 cm³/mol. The lowest BCUT2D eigenvalue weighted by Crippen LogP contribution is -2.12. The van der Waals surface area contributed by atoms with Crippen molar-refractivity contribution in [2.75, 3.05) is 32.9 Å². The standard InChI is InChI=1S/C17H19NO4S/c1-20-14-9-12(10-15(21-2)16(14)22-3)18-17(19)11-5-7-13(23-4)8-6-11/h5-10H,1-4H3,(H,18,19). The van der Waals surface area contributed by atoms with Crippen molar-refractivity contribution in [3.8, 4) is 17.2 Å². The molecule has 0 bridgehead atoms. The van der Waals surface area contributed by atoms with Gasteiger partial charge in [0.2, 0.25) is 5.75 Å². The highest BCUT2D eigenvalue weighted by molar-refractivity contribution is 7.98. The summed E-state index contributed by atoms with van der Waals surface area (Å²) in [6, 6.07) is 10.8. The predicted octanol–water partition coefficient (Wildman–Crippen LogP) is 3.69. The highest BCUT2D eigenvalue weighted by atomic mass is 32.2. The molecule has 122 valence electrons. The lowest BCUT2D eigenvalue weighted by molar-refractivity contribution is 0.102. The highest BCUT2D eigenvalue weighted by Crippen LogP contribution is 2.40. The number of rotatable bonds is 6. The van der Waals surface area contributed by atoms with Crippen LogP contribution >= 0.6 is 11.8 Å². The summed E-state index contributed by atoms with van der Waals surface area (Å²) in [5.74, 6) is 1.25. The fourth-order valence-electron chi connectivity index (χ4n) is 2.10. The molecule has 23 heavy (non-hydrogen) atoms. The van der Waals surface area contributed by atoms with E-state index in [1.165, 1.54) is 21.3 Å². The summed E-state index contributed by atoms with van der Waals surface area (Å²) in [6.45, 7) is 0. The highest BCUT2D eigenvalue weighted by Gasteiger charge is 2.15. The second-order valence-electron chi connectivity index (χ2n) is 4.60. The Kier molecular flexibility index (Phi) is 5.76. The van der Waals surface area contributed by atoms with Crippen LogP contribution in [0.3, 0.4) is 0 Å². The Morgan fingerprint density at radius 1 is 0.957 bits per heavy atom. The molecular weight excluding hydrogens is 314 g/mol. The second-order valence-corrected chi connectivity index (χ2v) is 5.48. The van der Waals surface area contributed by atoms with Gasteiger partial charge in [0.1, 0.15) is 0 Å². The number of nitrogens with one attached hydrogen (secondary N) is 1. The van der Waals surface area contributed by atoms with Crippen molar-refractivity contribution in [2.45, 2.75) is 4.90 Å². The van der Waals surface area contributed by atoms with Crippen LogP contribution in [0.5, 0.6) is 17.2 Å². The van der Waals surface area contributed by atoms with Gasteiger partial charge in [-0.3, -0.25) is 4.79 Å². The molecule has 6 heteroatoms. The topological polar surface area (TPSA) is 56.8 Å². The summed E-state index contributed by atoms with van der Waals surface area (Å²) in [5.41, 5.74) is 1.15. The van der Waals surface area contributed by atoms with E-state index >= 15 is 0 Å². The van der Waals surface area contributed by atoms with Crippen molar-refractivity contribution in [3.05, 3.63) is 42.0 Å². The smallest absolute Gasteiger partial charge is 0.255 e. The van der Waals surface area contributed by atoms with Gasteiger partial charge in [0.25, 0.3) is 5.91 Å². The van der Waals surface area contributed by atoms with Gasteiger partial charge < -0.3 is 19.5 Å². The third-order valence-electron chi connectivity index (χ3n) is 3.27. The molecule has 2 aromatic rings. The first-order chi connectivity index (χ1) is 11.1. The molecule has 0 saturated carbocycles. The van der Waals surface area contributed by atoms with Crippen LogP contribution in [0.25, 0.3) is 0 Å². The molecular formula is C17H19NO4S. The van der Waals surface area contributed by atoms with Gasteiger partial charge in [0, 0.05) is 28.3 Å². The minimum atomic E-state index is -0.202. The van der Waals surface area contributed by atoms with E-state index in [0.29, 0.717) is 28.5 Å². The maximum absolute atomic E-state index is 12.3. The maximum atomic E-state index is 12.3. The first-order valence-electron chi connectivity index (χ1n) is 6.88. The fraction of sp³-hybridized carbons (Fsp3) is 0.235. The van der Waals surface area contributed by atoms with Gasteiger partial charge in [-0.15, -0.1) is 11.8 Å². The molecule has 5 nitrogen and oxygen atoms in total. The third kappa shape index (κ3) is 3.90. The summed E-state index contributed by atoms with van der Waals surface area (Å²) < 4.78 is 15.8.